The lowest BCUT2D eigenvalue weighted by Gasteiger charge is -2.36. The van der Waals surface area contributed by atoms with Gasteiger partial charge in [0.15, 0.2) is 6.29 Å². The number of likely N-dealkylation sites (tertiary alicyclic amines) is 1. The Morgan fingerprint density at radius 2 is 2.00 bits per heavy atom. The fourth-order valence-electron chi connectivity index (χ4n) is 4.49. The van der Waals surface area contributed by atoms with Crippen molar-refractivity contribution in [1.82, 2.24) is 0 Å². The van der Waals surface area contributed by atoms with E-state index in [4.69, 9.17) is 9.47 Å². The van der Waals surface area contributed by atoms with E-state index in [0.29, 0.717) is 23.9 Å². The third kappa shape index (κ3) is 3.10. The first-order valence-corrected chi connectivity index (χ1v) is 8.41. The lowest BCUT2D eigenvalue weighted by molar-refractivity contribution is -0.890. The molecular formula is C17H30NO2+. The third-order valence-corrected chi connectivity index (χ3v) is 5.37. The number of nitrogens with one attached hydrogen (secondary N) is 1. The average Bonchev–Trinajstić information content (AvgIpc) is 3.00. The molecule has 3 aliphatic rings. The lowest BCUT2D eigenvalue weighted by Crippen LogP contribution is -3.11. The molecule has 0 aromatic heterocycles. The summed E-state index contributed by atoms with van der Waals surface area (Å²) in [7, 11) is 0. The largest absolute Gasteiger partial charge is 0.349 e. The van der Waals surface area contributed by atoms with Gasteiger partial charge in [0.05, 0.1) is 19.7 Å². The molecule has 0 aromatic rings. The van der Waals surface area contributed by atoms with Crippen molar-refractivity contribution in [3.05, 3.63) is 11.6 Å². The summed E-state index contributed by atoms with van der Waals surface area (Å²) in [5.41, 5.74) is 1.53. The maximum atomic E-state index is 6.27. The molecular weight excluding hydrogens is 250 g/mol. The Labute approximate surface area is 123 Å². The van der Waals surface area contributed by atoms with E-state index < -0.39 is 0 Å². The molecule has 0 radical (unpaired) electrons. The van der Waals surface area contributed by atoms with Crippen molar-refractivity contribution in [3.8, 4) is 0 Å². The van der Waals surface area contributed by atoms with Gasteiger partial charge < -0.3 is 14.4 Å². The number of hydrogen-bond donors (Lipinski definition) is 1. The number of hydrogen-bond acceptors (Lipinski definition) is 2. The monoisotopic (exact) mass is 280 g/mol. The summed E-state index contributed by atoms with van der Waals surface area (Å²) in [4.78, 5) is 1.71. The van der Waals surface area contributed by atoms with E-state index >= 15 is 0 Å². The summed E-state index contributed by atoms with van der Waals surface area (Å²) in [5.74, 6) is 1.76. The Hall–Kier alpha value is -0.380. The zero-order chi connectivity index (χ0) is 14.1. The lowest BCUT2D eigenvalue weighted by atomic mass is 9.74. The van der Waals surface area contributed by atoms with Gasteiger partial charge in [-0.2, -0.15) is 0 Å². The molecule has 2 aliphatic heterocycles. The van der Waals surface area contributed by atoms with Gasteiger partial charge in [0, 0.05) is 18.8 Å². The quantitative estimate of drug-likeness (QED) is 0.794. The van der Waals surface area contributed by atoms with Crippen molar-refractivity contribution >= 4 is 0 Å². The standard InChI is InChI=1S/C17H29NO2/c1-12-8-13(2)16(14(3)9-12)17-19-11-15(20-17)10-18-6-4-5-7-18/h8,13-17H,4-7,9-11H2,1-3H3/p+1/t13-,14+,15+,16+,17-/m1/s1. The molecule has 5 atom stereocenters. The topological polar surface area (TPSA) is 22.9 Å². The Bertz CT molecular complexity index is 362. The molecule has 0 saturated carbocycles. The van der Waals surface area contributed by atoms with Crippen molar-refractivity contribution in [1.29, 1.82) is 0 Å². The zero-order valence-corrected chi connectivity index (χ0v) is 13.2. The Balaban J connectivity index is 1.56. The summed E-state index contributed by atoms with van der Waals surface area (Å²) >= 11 is 0. The highest BCUT2D eigenvalue weighted by Gasteiger charge is 2.40. The van der Waals surface area contributed by atoms with Crippen molar-refractivity contribution in [2.45, 2.75) is 52.4 Å². The average molecular weight is 280 g/mol. The molecule has 3 nitrogen and oxygen atoms in total. The normalized spacial score (nSPS) is 43.0. The van der Waals surface area contributed by atoms with Crippen LogP contribution in [0.25, 0.3) is 0 Å². The van der Waals surface area contributed by atoms with Gasteiger partial charge >= 0.3 is 0 Å². The van der Waals surface area contributed by atoms with Crippen LogP contribution in [0.3, 0.4) is 0 Å². The van der Waals surface area contributed by atoms with E-state index in [0.717, 1.165) is 13.2 Å². The molecule has 0 unspecified atom stereocenters. The van der Waals surface area contributed by atoms with Gasteiger partial charge in [0.2, 0.25) is 0 Å². The summed E-state index contributed by atoms with van der Waals surface area (Å²) in [6, 6.07) is 0. The van der Waals surface area contributed by atoms with Gasteiger partial charge in [-0.25, -0.2) is 0 Å². The van der Waals surface area contributed by atoms with E-state index in [1.54, 1.807) is 4.90 Å². The summed E-state index contributed by atoms with van der Waals surface area (Å²) in [6.07, 6.45) is 6.72. The van der Waals surface area contributed by atoms with Crippen molar-refractivity contribution < 1.29 is 14.4 Å². The molecule has 0 amide bonds. The first-order valence-electron chi connectivity index (χ1n) is 8.41. The van der Waals surface area contributed by atoms with Crippen molar-refractivity contribution in [2.24, 2.45) is 17.8 Å². The Morgan fingerprint density at radius 3 is 2.70 bits per heavy atom. The maximum Gasteiger partial charge on any atom is 0.162 e. The van der Waals surface area contributed by atoms with Gasteiger partial charge in [-0.3, -0.25) is 0 Å². The second kappa shape index (κ2) is 6.17. The van der Waals surface area contributed by atoms with Crippen LogP contribution in [0.4, 0.5) is 0 Å². The fourth-order valence-corrected chi connectivity index (χ4v) is 4.49. The summed E-state index contributed by atoms with van der Waals surface area (Å²) < 4.78 is 12.3. The number of ether oxygens (including phenoxy) is 2. The predicted molar refractivity (Wildman–Crippen MR) is 79.6 cm³/mol. The minimum atomic E-state index is 0.0244. The molecule has 2 saturated heterocycles. The molecule has 20 heavy (non-hydrogen) atoms. The van der Waals surface area contributed by atoms with Gasteiger partial charge in [-0.15, -0.1) is 0 Å². The molecule has 2 fully saturated rings. The van der Waals surface area contributed by atoms with Crippen LogP contribution in [0.2, 0.25) is 0 Å². The highest BCUT2D eigenvalue weighted by atomic mass is 16.7. The van der Waals surface area contributed by atoms with Crippen LogP contribution in [-0.4, -0.2) is 38.6 Å². The van der Waals surface area contributed by atoms with E-state index in [2.05, 4.69) is 26.8 Å². The van der Waals surface area contributed by atoms with Crippen LogP contribution in [0, 0.1) is 17.8 Å². The SMILES string of the molecule is CC1=C[C@@H](C)[C@H]([C@@H]2OC[C@H](C[NH+]3CCCC3)O2)[C@@H](C)C1. The second-order valence-electron chi connectivity index (χ2n) is 7.25. The van der Waals surface area contributed by atoms with Crippen molar-refractivity contribution in [2.75, 3.05) is 26.2 Å². The highest BCUT2D eigenvalue weighted by molar-refractivity contribution is 5.09. The molecule has 114 valence electrons. The van der Waals surface area contributed by atoms with E-state index in [9.17, 15) is 0 Å². The number of quaternary nitrogens is 1. The predicted octanol–water partition coefficient (Wildman–Crippen LogP) is 1.64. The number of rotatable bonds is 3. The molecule has 0 bridgehead atoms. The fraction of sp³-hybridized carbons (Fsp3) is 0.882. The van der Waals surface area contributed by atoms with Crippen LogP contribution < -0.4 is 4.90 Å². The molecule has 1 N–H and O–H groups in total. The minimum absolute atomic E-state index is 0.0244. The molecule has 2 heterocycles. The Morgan fingerprint density at radius 1 is 1.25 bits per heavy atom. The van der Waals surface area contributed by atoms with Gasteiger partial charge in [0.25, 0.3) is 0 Å². The maximum absolute atomic E-state index is 6.27. The van der Waals surface area contributed by atoms with Crippen LogP contribution in [-0.2, 0) is 9.47 Å². The second-order valence-corrected chi connectivity index (χ2v) is 7.25. The molecule has 0 spiro atoms. The van der Waals surface area contributed by atoms with Crippen molar-refractivity contribution in [3.63, 3.8) is 0 Å². The molecule has 3 rings (SSSR count). The highest BCUT2D eigenvalue weighted by Crippen LogP contribution is 2.38. The smallest absolute Gasteiger partial charge is 0.162 e. The zero-order valence-electron chi connectivity index (χ0n) is 13.2. The first-order chi connectivity index (χ1) is 9.63. The molecule has 0 aromatic carbocycles. The summed E-state index contributed by atoms with van der Waals surface area (Å²) in [6.45, 7) is 11.5. The van der Waals surface area contributed by atoms with Crippen LogP contribution in [0.5, 0.6) is 0 Å². The Kier molecular flexibility index (Phi) is 4.49. The van der Waals surface area contributed by atoms with Gasteiger partial charge in [-0.05, 0) is 25.2 Å². The number of allylic oxidation sites excluding steroid dienone is 2. The van der Waals surface area contributed by atoms with Crippen LogP contribution in [0.1, 0.15) is 40.0 Å². The summed E-state index contributed by atoms with van der Waals surface area (Å²) in [5, 5.41) is 0. The molecule has 3 heteroatoms. The van der Waals surface area contributed by atoms with Crippen LogP contribution in [0.15, 0.2) is 11.6 Å². The van der Waals surface area contributed by atoms with E-state index in [1.807, 2.05) is 0 Å². The van der Waals surface area contributed by atoms with E-state index in [1.165, 1.54) is 37.9 Å². The minimum Gasteiger partial charge on any atom is -0.349 e. The third-order valence-electron chi connectivity index (χ3n) is 5.37. The first kappa shape index (κ1) is 14.6. The molecule has 1 aliphatic carbocycles. The van der Waals surface area contributed by atoms with Gasteiger partial charge in [0.1, 0.15) is 12.6 Å². The van der Waals surface area contributed by atoms with E-state index in [-0.39, 0.29) is 6.29 Å². The van der Waals surface area contributed by atoms with Crippen LogP contribution >= 0.6 is 0 Å². The van der Waals surface area contributed by atoms with Gasteiger partial charge in [-0.1, -0.05) is 25.5 Å².